The highest BCUT2D eigenvalue weighted by Crippen LogP contribution is 2.18. The summed E-state index contributed by atoms with van der Waals surface area (Å²) < 4.78 is 20.8. The van der Waals surface area contributed by atoms with Gasteiger partial charge in [0.25, 0.3) is 0 Å². The summed E-state index contributed by atoms with van der Waals surface area (Å²) >= 11 is 0. The van der Waals surface area contributed by atoms with E-state index in [0.29, 0.717) is 19.6 Å². The third-order valence-corrected chi connectivity index (χ3v) is 5.25. The first-order valence-electron chi connectivity index (χ1n) is 10.2. The summed E-state index contributed by atoms with van der Waals surface area (Å²) in [5.41, 5.74) is 4.95. The van der Waals surface area contributed by atoms with Crippen molar-refractivity contribution in [2.75, 3.05) is 20.7 Å². The number of nitrogens with zero attached hydrogens (tertiary/aromatic N) is 3. The molecule has 1 N–H and O–H groups in total. The number of rotatable bonds is 9. The van der Waals surface area contributed by atoms with Gasteiger partial charge in [0.05, 0.1) is 25.9 Å². The van der Waals surface area contributed by atoms with Crippen LogP contribution < -0.4 is 10.1 Å². The van der Waals surface area contributed by atoms with E-state index in [9.17, 15) is 9.18 Å². The van der Waals surface area contributed by atoms with Gasteiger partial charge in [0.2, 0.25) is 5.91 Å². The van der Waals surface area contributed by atoms with Crippen LogP contribution >= 0.6 is 0 Å². The quantitative estimate of drug-likeness (QED) is 0.572. The number of ether oxygens (including phenoxy) is 1. The molecular weight excluding hydrogens is 395 g/mol. The molecule has 0 fully saturated rings. The van der Waals surface area contributed by atoms with Gasteiger partial charge in [-0.3, -0.25) is 14.4 Å². The molecule has 3 rings (SSSR count). The van der Waals surface area contributed by atoms with Gasteiger partial charge in [-0.15, -0.1) is 0 Å². The minimum absolute atomic E-state index is 0.0916. The Hall–Kier alpha value is -3.19. The van der Waals surface area contributed by atoms with Crippen molar-refractivity contribution in [1.82, 2.24) is 20.0 Å². The summed E-state index contributed by atoms with van der Waals surface area (Å²) in [6, 6.07) is 15.0. The van der Waals surface area contributed by atoms with E-state index in [0.717, 1.165) is 22.5 Å². The monoisotopic (exact) mass is 424 g/mol. The molecule has 0 aliphatic carbocycles. The van der Waals surface area contributed by atoms with Crippen LogP contribution in [0.3, 0.4) is 0 Å². The van der Waals surface area contributed by atoms with Gasteiger partial charge in [-0.1, -0.05) is 36.4 Å². The molecule has 164 valence electrons. The molecule has 1 heterocycles. The summed E-state index contributed by atoms with van der Waals surface area (Å²) in [6.45, 7) is 5.78. The third kappa shape index (κ3) is 5.92. The Balaban J connectivity index is 1.54. The number of methoxy groups -OCH3 is 1. The van der Waals surface area contributed by atoms with Crippen LogP contribution in [-0.4, -0.2) is 41.3 Å². The van der Waals surface area contributed by atoms with Crippen LogP contribution in [0.2, 0.25) is 0 Å². The zero-order valence-electron chi connectivity index (χ0n) is 18.5. The molecule has 0 bridgehead atoms. The first kappa shape index (κ1) is 22.5. The highest BCUT2D eigenvalue weighted by Gasteiger charge is 2.14. The molecule has 0 spiro atoms. The van der Waals surface area contributed by atoms with Crippen molar-refractivity contribution in [3.05, 3.63) is 82.4 Å². The van der Waals surface area contributed by atoms with E-state index in [1.165, 1.54) is 18.7 Å². The molecular formula is C24H29FN4O2. The number of amides is 1. The maximum Gasteiger partial charge on any atom is 0.234 e. The first-order chi connectivity index (χ1) is 14.9. The Morgan fingerprint density at radius 1 is 1.16 bits per heavy atom. The van der Waals surface area contributed by atoms with E-state index >= 15 is 0 Å². The Labute approximate surface area is 182 Å². The lowest BCUT2D eigenvalue weighted by molar-refractivity contribution is -0.122. The molecule has 31 heavy (non-hydrogen) atoms. The van der Waals surface area contributed by atoms with Crippen LogP contribution in [0.25, 0.3) is 0 Å². The molecule has 0 aliphatic rings. The zero-order chi connectivity index (χ0) is 22.4. The van der Waals surface area contributed by atoms with Gasteiger partial charge in [-0.2, -0.15) is 5.10 Å². The number of benzene rings is 2. The zero-order valence-corrected chi connectivity index (χ0v) is 18.5. The minimum Gasteiger partial charge on any atom is -0.494 e. The highest BCUT2D eigenvalue weighted by molar-refractivity contribution is 5.78. The molecule has 7 heteroatoms. The molecule has 0 saturated carbocycles. The predicted molar refractivity (Wildman–Crippen MR) is 118 cm³/mol. The van der Waals surface area contributed by atoms with Crippen molar-refractivity contribution >= 4 is 5.91 Å². The normalized spacial score (nSPS) is 11.0. The maximum atomic E-state index is 13.9. The molecule has 1 aromatic heterocycles. The summed E-state index contributed by atoms with van der Waals surface area (Å²) in [5, 5.41) is 7.61. The molecule has 0 unspecified atom stereocenters. The smallest absolute Gasteiger partial charge is 0.234 e. The van der Waals surface area contributed by atoms with Crippen molar-refractivity contribution in [1.29, 1.82) is 0 Å². The van der Waals surface area contributed by atoms with Crippen LogP contribution in [0.15, 0.2) is 48.5 Å². The van der Waals surface area contributed by atoms with Gasteiger partial charge in [0.15, 0.2) is 11.6 Å². The Bertz CT molecular complexity index is 1030. The topological polar surface area (TPSA) is 59.4 Å². The standard InChI is InChI=1S/C24H29FN4O2/c1-17-21(18(2)29(27-17)15-19-8-6-5-7-9-19)13-26-24(30)16-28(3)14-20-10-11-23(31-4)22(25)12-20/h5-12H,13-16H2,1-4H3,(H,26,30). The molecule has 0 aliphatic heterocycles. The Morgan fingerprint density at radius 3 is 2.58 bits per heavy atom. The lowest BCUT2D eigenvalue weighted by atomic mass is 10.2. The van der Waals surface area contributed by atoms with Crippen molar-refractivity contribution in [3.8, 4) is 5.75 Å². The van der Waals surface area contributed by atoms with Gasteiger partial charge < -0.3 is 10.1 Å². The molecule has 1 amide bonds. The third-order valence-electron chi connectivity index (χ3n) is 5.25. The number of halogens is 1. The summed E-state index contributed by atoms with van der Waals surface area (Å²) in [6.07, 6.45) is 0. The molecule has 0 saturated heterocycles. The number of hydrogen-bond acceptors (Lipinski definition) is 4. The van der Waals surface area contributed by atoms with E-state index in [2.05, 4.69) is 22.5 Å². The number of nitrogens with one attached hydrogen (secondary N) is 1. The first-order valence-corrected chi connectivity index (χ1v) is 10.2. The second-order valence-corrected chi connectivity index (χ2v) is 7.71. The van der Waals surface area contributed by atoms with E-state index in [1.54, 1.807) is 12.1 Å². The highest BCUT2D eigenvalue weighted by atomic mass is 19.1. The van der Waals surface area contributed by atoms with Gasteiger partial charge in [0.1, 0.15) is 0 Å². The summed E-state index contributed by atoms with van der Waals surface area (Å²) in [7, 11) is 3.26. The van der Waals surface area contributed by atoms with E-state index in [1.807, 2.05) is 48.7 Å². The molecule has 2 aromatic carbocycles. The fourth-order valence-corrected chi connectivity index (χ4v) is 3.56. The van der Waals surface area contributed by atoms with Gasteiger partial charge in [-0.05, 0) is 44.2 Å². The fraction of sp³-hybridized carbons (Fsp3) is 0.333. The van der Waals surface area contributed by atoms with E-state index in [-0.39, 0.29) is 18.2 Å². The number of likely N-dealkylation sites (N-methyl/N-ethyl adjacent to an activating group) is 1. The van der Waals surface area contributed by atoms with Crippen molar-refractivity contribution < 1.29 is 13.9 Å². The van der Waals surface area contributed by atoms with Crippen LogP contribution in [0.1, 0.15) is 28.1 Å². The molecule has 3 aromatic rings. The van der Waals surface area contributed by atoms with Crippen molar-refractivity contribution in [2.45, 2.75) is 33.5 Å². The van der Waals surface area contributed by atoms with Gasteiger partial charge >= 0.3 is 0 Å². The maximum absolute atomic E-state index is 13.9. The van der Waals surface area contributed by atoms with Gasteiger partial charge in [-0.25, -0.2) is 4.39 Å². The van der Waals surface area contributed by atoms with Crippen molar-refractivity contribution in [3.63, 3.8) is 0 Å². The molecule has 6 nitrogen and oxygen atoms in total. The second-order valence-electron chi connectivity index (χ2n) is 7.71. The SMILES string of the molecule is COc1ccc(CN(C)CC(=O)NCc2c(C)nn(Cc3ccccc3)c2C)cc1F. The van der Waals surface area contributed by atoms with E-state index in [4.69, 9.17) is 4.74 Å². The lowest BCUT2D eigenvalue weighted by Crippen LogP contribution is -2.34. The van der Waals surface area contributed by atoms with Gasteiger partial charge in [0, 0.05) is 24.3 Å². The number of carbonyl (C=O) groups excluding carboxylic acids is 1. The second kappa shape index (κ2) is 10.2. The number of hydrogen-bond donors (Lipinski definition) is 1. The number of aryl methyl sites for hydroxylation is 1. The lowest BCUT2D eigenvalue weighted by Gasteiger charge is -2.17. The Kier molecular flexibility index (Phi) is 7.41. The summed E-state index contributed by atoms with van der Waals surface area (Å²) in [4.78, 5) is 14.3. The minimum atomic E-state index is -0.406. The Morgan fingerprint density at radius 2 is 1.90 bits per heavy atom. The fourth-order valence-electron chi connectivity index (χ4n) is 3.56. The largest absolute Gasteiger partial charge is 0.494 e. The molecule has 0 atom stereocenters. The predicted octanol–water partition coefficient (Wildman–Crippen LogP) is 3.44. The molecule has 0 radical (unpaired) electrons. The summed E-state index contributed by atoms with van der Waals surface area (Å²) in [5.74, 6) is -0.287. The number of aromatic nitrogens is 2. The average Bonchev–Trinajstić information content (AvgIpc) is 3.00. The van der Waals surface area contributed by atoms with Crippen molar-refractivity contribution in [2.24, 2.45) is 0 Å². The van der Waals surface area contributed by atoms with Crippen LogP contribution in [0, 0.1) is 19.7 Å². The average molecular weight is 425 g/mol. The van der Waals surface area contributed by atoms with Crippen LogP contribution in [0.5, 0.6) is 5.75 Å². The van der Waals surface area contributed by atoms with Crippen LogP contribution in [0.4, 0.5) is 4.39 Å². The van der Waals surface area contributed by atoms with Crippen LogP contribution in [-0.2, 0) is 24.4 Å². The number of carbonyl (C=O) groups is 1. The van der Waals surface area contributed by atoms with E-state index < -0.39 is 5.82 Å².